The zero-order valence-corrected chi connectivity index (χ0v) is 13.4. The number of benzene rings is 1. The van der Waals surface area contributed by atoms with Crippen LogP contribution in [0.3, 0.4) is 0 Å². The van der Waals surface area contributed by atoms with Gasteiger partial charge in [-0.25, -0.2) is 9.97 Å². The fourth-order valence-electron chi connectivity index (χ4n) is 2.18. The number of hydrogen-bond donors (Lipinski definition) is 0. The molecule has 6 heteroatoms. The Labute approximate surface area is 131 Å². The summed E-state index contributed by atoms with van der Waals surface area (Å²) >= 11 is 7.86. The van der Waals surface area contributed by atoms with Crippen molar-refractivity contribution in [3.8, 4) is 22.2 Å². The fraction of sp³-hybridized carbons (Fsp3) is 0.200. The van der Waals surface area contributed by atoms with Gasteiger partial charge in [0, 0.05) is 5.39 Å². The van der Waals surface area contributed by atoms with Crippen molar-refractivity contribution >= 4 is 33.8 Å². The highest BCUT2D eigenvalue weighted by atomic mass is 35.5. The molecule has 0 fully saturated rings. The number of aryl methyl sites for hydroxylation is 1. The van der Waals surface area contributed by atoms with Crippen molar-refractivity contribution in [3.05, 3.63) is 34.3 Å². The number of nitrogens with zero attached hydrogens (tertiary/aromatic N) is 2. The van der Waals surface area contributed by atoms with Crippen molar-refractivity contribution in [2.24, 2.45) is 0 Å². The molecule has 0 aliphatic heterocycles. The molecule has 2 heterocycles. The Kier molecular flexibility index (Phi) is 3.69. The van der Waals surface area contributed by atoms with Crippen LogP contribution in [0.25, 0.3) is 21.6 Å². The van der Waals surface area contributed by atoms with Gasteiger partial charge in [0.25, 0.3) is 0 Å². The van der Waals surface area contributed by atoms with Crippen molar-refractivity contribution in [1.82, 2.24) is 9.97 Å². The Balaban J connectivity index is 2.26. The molecule has 0 atom stereocenters. The highest BCUT2D eigenvalue weighted by Gasteiger charge is 2.15. The molecule has 0 saturated heterocycles. The Morgan fingerprint density at radius 3 is 2.67 bits per heavy atom. The van der Waals surface area contributed by atoms with E-state index in [2.05, 4.69) is 9.97 Å². The van der Waals surface area contributed by atoms with Gasteiger partial charge in [-0.1, -0.05) is 11.6 Å². The maximum Gasteiger partial charge on any atom is 0.175 e. The van der Waals surface area contributed by atoms with E-state index in [0.717, 1.165) is 32.8 Å². The highest BCUT2D eigenvalue weighted by Crippen LogP contribution is 2.36. The molecular weight excluding hydrogens is 308 g/mol. The number of halogens is 1. The molecule has 3 rings (SSSR count). The molecule has 3 aromatic rings. The number of methoxy groups -OCH3 is 2. The Bertz CT molecular complexity index is 817. The third-order valence-corrected chi connectivity index (χ3v) is 4.39. The summed E-state index contributed by atoms with van der Waals surface area (Å²) in [6.45, 7) is 1.98. The molecular formula is C15H13ClN2O2S. The molecule has 0 N–H and O–H groups in total. The van der Waals surface area contributed by atoms with Crippen molar-refractivity contribution in [1.29, 1.82) is 0 Å². The average molecular weight is 321 g/mol. The number of rotatable bonds is 3. The van der Waals surface area contributed by atoms with E-state index in [1.807, 2.05) is 30.5 Å². The van der Waals surface area contributed by atoms with Crippen LogP contribution < -0.4 is 9.47 Å². The van der Waals surface area contributed by atoms with Gasteiger partial charge in [-0.15, -0.1) is 11.3 Å². The quantitative estimate of drug-likeness (QED) is 0.673. The van der Waals surface area contributed by atoms with Crippen LogP contribution in [0.15, 0.2) is 23.6 Å². The van der Waals surface area contributed by atoms with Crippen LogP contribution in [0.1, 0.15) is 5.56 Å². The molecule has 4 nitrogen and oxygen atoms in total. The predicted molar refractivity (Wildman–Crippen MR) is 85.7 cm³/mol. The van der Waals surface area contributed by atoms with Gasteiger partial charge in [-0.3, -0.25) is 0 Å². The van der Waals surface area contributed by atoms with Gasteiger partial charge in [0.1, 0.15) is 21.5 Å². The maximum atomic E-state index is 6.33. The topological polar surface area (TPSA) is 44.2 Å². The zero-order chi connectivity index (χ0) is 15.0. The molecule has 21 heavy (non-hydrogen) atoms. The molecule has 0 bridgehead atoms. The maximum absolute atomic E-state index is 6.33. The largest absolute Gasteiger partial charge is 0.497 e. The standard InChI is InChI=1S/C15H13ClN2O2S/c1-8-6-9(19-2)7-10-12(8)17-15(18-14(10)16)13-11(20-3)4-5-21-13/h4-7H,1-3H3. The summed E-state index contributed by atoms with van der Waals surface area (Å²) in [5, 5.41) is 3.14. The first-order valence-corrected chi connectivity index (χ1v) is 7.53. The van der Waals surface area contributed by atoms with Crippen LogP contribution in [-0.4, -0.2) is 24.2 Å². The third-order valence-electron chi connectivity index (χ3n) is 3.21. The van der Waals surface area contributed by atoms with Gasteiger partial charge in [-0.2, -0.15) is 0 Å². The predicted octanol–water partition coefficient (Wildman–Crippen LogP) is 4.34. The minimum atomic E-state index is 0.410. The number of fused-ring (bicyclic) bond motifs is 1. The van der Waals surface area contributed by atoms with Crippen LogP contribution in [0.4, 0.5) is 0 Å². The van der Waals surface area contributed by atoms with Crippen LogP contribution in [0.2, 0.25) is 5.15 Å². The molecule has 0 amide bonds. The summed E-state index contributed by atoms with van der Waals surface area (Å²) in [5.41, 5.74) is 1.81. The molecule has 0 saturated carbocycles. The van der Waals surface area contributed by atoms with Gasteiger partial charge < -0.3 is 9.47 Å². The lowest BCUT2D eigenvalue weighted by Crippen LogP contribution is -1.95. The summed E-state index contributed by atoms with van der Waals surface area (Å²) in [5.74, 6) is 2.07. The molecule has 0 aliphatic carbocycles. The zero-order valence-electron chi connectivity index (χ0n) is 11.8. The van der Waals surface area contributed by atoms with E-state index in [4.69, 9.17) is 21.1 Å². The minimum absolute atomic E-state index is 0.410. The molecule has 108 valence electrons. The summed E-state index contributed by atoms with van der Waals surface area (Å²) in [6.07, 6.45) is 0. The molecule has 2 aromatic heterocycles. The third kappa shape index (κ3) is 2.43. The molecule has 0 spiro atoms. The lowest BCUT2D eigenvalue weighted by molar-refractivity contribution is 0.415. The van der Waals surface area contributed by atoms with E-state index in [1.54, 1.807) is 14.2 Å². The Morgan fingerprint density at radius 2 is 1.95 bits per heavy atom. The first-order valence-electron chi connectivity index (χ1n) is 6.27. The van der Waals surface area contributed by atoms with Crippen LogP contribution in [-0.2, 0) is 0 Å². The average Bonchev–Trinajstić information content (AvgIpc) is 2.96. The molecule has 1 aromatic carbocycles. The minimum Gasteiger partial charge on any atom is -0.497 e. The van der Waals surface area contributed by atoms with E-state index in [0.29, 0.717) is 11.0 Å². The first kappa shape index (κ1) is 14.1. The Morgan fingerprint density at radius 1 is 1.14 bits per heavy atom. The van der Waals surface area contributed by atoms with Crippen molar-refractivity contribution in [2.75, 3.05) is 14.2 Å². The SMILES string of the molecule is COc1cc(C)c2nc(-c3sccc3OC)nc(Cl)c2c1. The van der Waals surface area contributed by atoms with E-state index in [1.165, 1.54) is 11.3 Å². The summed E-state index contributed by atoms with van der Waals surface area (Å²) in [6, 6.07) is 5.67. The molecule has 0 unspecified atom stereocenters. The number of thiophene rings is 1. The van der Waals surface area contributed by atoms with Gasteiger partial charge >= 0.3 is 0 Å². The second kappa shape index (κ2) is 5.50. The number of hydrogen-bond acceptors (Lipinski definition) is 5. The van der Waals surface area contributed by atoms with Crippen LogP contribution in [0.5, 0.6) is 11.5 Å². The fourth-order valence-corrected chi connectivity index (χ4v) is 3.19. The summed E-state index contributed by atoms with van der Waals surface area (Å²) in [7, 11) is 3.25. The van der Waals surface area contributed by atoms with Gasteiger partial charge in [0.05, 0.1) is 19.7 Å². The monoisotopic (exact) mass is 320 g/mol. The van der Waals surface area contributed by atoms with Crippen molar-refractivity contribution in [2.45, 2.75) is 6.92 Å². The van der Waals surface area contributed by atoms with E-state index in [9.17, 15) is 0 Å². The van der Waals surface area contributed by atoms with Crippen LogP contribution in [0, 0.1) is 6.92 Å². The van der Waals surface area contributed by atoms with Gasteiger partial charge in [0.15, 0.2) is 5.82 Å². The van der Waals surface area contributed by atoms with Gasteiger partial charge in [0.2, 0.25) is 0 Å². The normalized spacial score (nSPS) is 10.9. The van der Waals surface area contributed by atoms with Crippen molar-refractivity contribution < 1.29 is 9.47 Å². The lowest BCUT2D eigenvalue weighted by atomic mass is 10.1. The van der Waals surface area contributed by atoms with Crippen LogP contribution >= 0.6 is 22.9 Å². The van der Waals surface area contributed by atoms with Crippen molar-refractivity contribution in [3.63, 3.8) is 0 Å². The smallest absolute Gasteiger partial charge is 0.175 e. The van der Waals surface area contributed by atoms with E-state index < -0.39 is 0 Å². The summed E-state index contributed by atoms with van der Waals surface area (Å²) in [4.78, 5) is 9.91. The Hall–Kier alpha value is -1.85. The molecule has 0 aliphatic rings. The first-order chi connectivity index (χ1) is 10.1. The highest BCUT2D eigenvalue weighted by molar-refractivity contribution is 7.13. The molecule has 0 radical (unpaired) electrons. The summed E-state index contributed by atoms with van der Waals surface area (Å²) < 4.78 is 10.6. The van der Waals surface area contributed by atoms with E-state index >= 15 is 0 Å². The second-order valence-corrected chi connectivity index (χ2v) is 5.77. The second-order valence-electron chi connectivity index (χ2n) is 4.50. The number of aromatic nitrogens is 2. The lowest BCUT2D eigenvalue weighted by Gasteiger charge is -2.09. The van der Waals surface area contributed by atoms with Gasteiger partial charge in [-0.05, 0) is 36.1 Å². The van der Waals surface area contributed by atoms with E-state index in [-0.39, 0.29) is 0 Å². The number of ether oxygens (including phenoxy) is 2.